The number of fused-ring (bicyclic) bond motifs is 1. The summed E-state index contributed by atoms with van der Waals surface area (Å²) in [5, 5.41) is 4.49. The van der Waals surface area contributed by atoms with Crippen LogP contribution in [0, 0.1) is 6.92 Å². The Hall–Kier alpha value is -2.11. The van der Waals surface area contributed by atoms with Gasteiger partial charge in [0, 0.05) is 18.7 Å². The molecule has 0 saturated carbocycles. The van der Waals surface area contributed by atoms with Gasteiger partial charge in [-0.05, 0) is 62.1 Å². The minimum absolute atomic E-state index is 0.162. The van der Waals surface area contributed by atoms with Crippen molar-refractivity contribution in [3.8, 4) is 0 Å². The molecule has 134 valence electrons. The molecule has 0 radical (unpaired) electrons. The molecule has 2 aromatic carbocycles. The van der Waals surface area contributed by atoms with E-state index < -0.39 is 0 Å². The van der Waals surface area contributed by atoms with Gasteiger partial charge < -0.3 is 10.2 Å². The Morgan fingerprint density at radius 3 is 2.73 bits per heavy atom. The number of hydrogen-bond acceptors (Lipinski definition) is 4. The quantitative estimate of drug-likeness (QED) is 0.647. The largest absolute Gasteiger partial charge is 0.348 e. The van der Waals surface area contributed by atoms with Gasteiger partial charge in [-0.3, -0.25) is 4.79 Å². The number of rotatable bonds is 3. The fourth-order valence-electron chi connectivity index (χ4n) is 3.19. The summed E-state index contributed by atoms with van der Waals surface area (Å²) in [6.45, 7) is 4.10. The van der Waals surface area contributed by atoms with Crippen molar-refractivity contribution in [2.75, 3.05) is 23.3 Å². The number of aromatic nitrogens is 1. The van der Waals surface area contributed by atoms with Crippen LogP contribution in [0.15, 0.2) is 36.4 Å². The third-order valence-electron chi connectivity index (χ3n) is 4.64. The van der Waals surface area contributed by atoms with E-state index in [1.165, 1.54) is 19.3 Å². The fourth-order valence-corrected chi connectivity index (χ4v) is 4.53. The van der Waals surface area contributed by atoms with Crippen molar-refractivity contribution in [1.29, 1.82) is 0 Å². The van der Waals surface area contributed by atoms with Gasteiger partial charge >= 0.3 is 0 Å². The first-order chi connectivity index (χ1) is 12.6. The molecule has 1 amide bonds. The van der Waals surface area contributed by atoms with Gasteiger partial charge in [0.05, 0.1) is 20.9 Å². The van der Waals surface area contributed by atoms with Crippen LogP contribution in [0.4, 0.5) is 10.8 Å². The normalized spacial score (nSPS) is 14.6. The lowest BCUT2D eigenvalue weighted by Gasteiger charge is -2.25. The Morgan fingerprint density at radius 1 is 1.15 bits per heavy atom. The lowest BCUT2D eigenvalue weighted by molar-refractivity contribution is 0.102. The van der Waals surface area contributed by atoms with Gasteiger partial charge in [0.15, 0.2) is 5.13 Å². The number of carbonyl (C=O) groups is 1. The van der Waals surface area contributed by atoms with Crippen molar-refractivity contribution in [3.05, 3.63) is 52.5 Å². The molecule has 1 saturated heterocycles. The minimum atomic E-state index is -0.162. The zero-order chi connectivity index (χ0) is 18.1. The standard InChI is InChI=1S/C20H20ClN3OS/c1-13-5-7-16(15(21)11-13)22-19(25)14-6-8-17-18(12-14)26-20(23-17)24-9-3-2-4-10-24/h5-8,11-12H,2-4,9-10H2,1H3,(H,22,25). The van der Waals surface area contributed by atoms with E-state index in [2.05, 4.69) is 10.2 Å². The van der Waals surface area contributed by atoms with E-state index in [1.807, 2.05) is 43.3 Å². The van der Waals surface area contributed by atoms with Gasteiger partial charge in [0.1, 0.15) is 0 Å². The topological polar surface area (TPSA) is 45.2 Å². The van der Waals surface area contributed by atoms with E-state index >= 15 is 0 Å². The first-order valence-electron chi connectivity index (χ1n) is 8.83. The number of piperidine rings is 1. The maximum Gasteiger partial charge on any atom is 0.255 e. The minimum Gasteiger partial charge on any atom is -0.348 e. The highest BCUT2D eigenvalue weighted by Crippen LogP contribution is 2.31. The number of thiazole rings is 1. The van der Waals surface area contributed by atoms with Gasteiger partial charge in [0.25, 0.3) is 5.91 Å². The molecule has 1 fully saturated rings. The van der Waals surface area contributed by atoms with Crippen LogP contribution in [0.2, 0.25) is 5.02 Å². The molecule has 26 heavy (non-hydrogen) atoms. The van der Waals surface area contributed by atoms with Crippen LogP contribution in [-0.4, -0.2) is 24.0 Å². The fraction of sp³-hybridized carbons (Fsp3) is 0.300. The molecule has 1 N–H and O–H groups in total. The van der Waals surface area contributed by atoms with Crippen LogP contribution in [0.5, 0.6) is 0 Å². The van der Waals surface area contributed by atoms with E-state index in [0.717, 1.165) is 34.0 Å². The number of amides is 1. The van der Waals surface area contributed by atoms with Gasteiger partial charge in [-0.1, -0.05) is 29.0 Å². The van der Waals surface area contributed by atoms with Gasteiger partial charge in [-0.2, -0.15) is 0 Å². The molecule has 3 aromatic rings. The second-order valence-electron chi connectivity index (χ2n) is 6.66. The summed E-state index contributed by atoms with van der Waals surface area (Å²) < 4.78 is 1.04. The molecule has 0 atom stereocenters. The Bertz CT molecular complexity index is 963. The second-order valence-corrected chi connectivity index (χ2v) is 8.08. The average molecular weight is 386 g/mol. The first-order valence-corrected chi connectivity index (χ1v) is 10.0. The van der Waals surface area contributed by atoms with E-state index in [9.17, 15) is 4.79 Å². The molecule has 0 unspecified atom stereocenters. The number of nitrogens with zero attached hydrogens (tertiary/aromatic N) is 2. The first kappa shape index (κ1) is 17.3. The monoisotopic (exact) mass is 385 g/mol. The molecular formula is C20H20ClN3OS. The Balaban J connectivity index is 1.57. The predicted molar refractivity (Wildman–Crippen MR) is 110 cm³/mol. The molecule has 4 nitrogen and oxygen atoms in total. The van der Waals surface area contributed by atoms with E-state index in [-0.39, 0.29) is 5.91 Å². The highest BCUT2D eigenvalue weighted by atomic mass is 35.5. The SMILES string of the molecule is Cc1ccc(NC(=O)c2ccc3nc(N4CCCCC4)sc3c2)c(Cl)c1. The molecule has 0 aliphatic carbocycles. The van der Waals surface area contributed by atoms with E-state index in [0.29, 0.717) is 16.3 Å². The number of anilines is 2. The van der Waals surface area contributed by atoms with Crippen LogP contribution in [0.1, 0.15) is 35.2 Å². The number of aryl methyl sites for hydroxylation is 1. The van der Waals surface area contributed by atoms with Crippen molar-refractivity contribution in [1.82, 2.24) is 4.98 Å². The molecule has 6 heteroatoms. The van der Waals surface area contributed by atoms with Crippen LogP contribution in [0.3, 0.4) is 0 Å². The maximum atomic E-state index is 12.6. The van der Waals surface area contributed by atoms with Crippen LogP contribution in [-0.2, 0) is 0 Å². The lowest BCUT2D eigenvalue weighted by atomic mass is 10.1. The highest BCUT2D eigenvalue weighted by Gasteiger charge is 2.16. The second kappa shape index (κ2) is 7.25. The summed E-state index contributed by atoms with van der Waals surface area (Å²) in [7, 11) is 0. The van der Waals surface area contributed by atoms with E-state index in [1.54, 1.807) is 11.3 Å². The van der Waals surface area contributed by atoms with Crippen LogP contribution < -0.4 is 10.2 Å². The summed E-state index contributed by atoms with van der Waals surface area (Å²) >= 11 is 7.87. The van der Waals surface area contributed by atoms with Crippen molar-refractivity contribution in [2.24, 2.45) is 0 Å². The molecular weight excluding hydrogens is 366 g/mol. The number of halogens is 1. The number of nitrogens with one attached hydrogen (secondary N) is 1. The molecule has 0 bridgehead atoms. The number of hydrogen-bond donors (Lipinski definition) is 1. The van der Waals surface area contributed by atoms with Crippen molar-refractivity contribution in [3.63, 3.8) is 0 Å². The summed E-state index contributed by atoms with van der Waals surface area (Å²) in [5.41, 5.74) is 3.24. The van der Waals surface area contributed by atoms with Crippen molar-refractivity contribution < 1.29 is 4.79 Å². The summed E-state index contributed by atoms with van der Waals surface area (Å²) in [6.07, 6.45) is 3.75. The predicted octanol–water partition coefficient (Wildman–Crippen LogP) is 5.50. The van der Waals surface area contributed by atoms with E-state index in [4.69, 9.17) is 16.6 Å². The Kier molecular flexibility index (Phi) is 4.83. The summed E-state index contributed by atoms with van der Waals surface area (Å²) in [6, 6.07) is 11.3. The van der Waals surface area contributed by atoms with Crippen LogP contribution in [0.25, 0.3) is 10.2 Å². The average Bonchev–Trinajstić information content (AvgIpc) is 3.08. The third kappa shape index (κ3) is 3.55. The lowest BCUT2D eigenvalue weighted by Crippen LogP contribution is -2.29. The van der Waals surface area contributed by atoms with Gasteiger partial charge in [-0.25, -0.2) is 4.98 Å². The molecule has 1 aliphatic heterocycles. The number of carbonyl (C=O) groups excluding carboxylic acids is 1. The molecule has 4 rings (SSSR count). The highest BCUT2D eigenvalue weighted by molar-refractivity contribution is 7.22. The zero-order valence-corrected chi connectivity index (χ0v) is 16.2. The maximum absolute atomic E-state index is 12.6. The third-order valence-corrected chi connectivity index (χ3v) is 6.03. The number of benzene rings is 2. The smallest absolute Gasteiger partial charge is 0.255 e. The van der Waals surface area contributed by atoms with Crippen molar-refractivity contribution >= 4 is 49.9 Å². The summed E-state index contributed by atoms with van der Waals surface area (Å²) in [4.78, 5) is 19.7. The molecule has 2 heterocycles. The molecule has 1 aliphatic rings. The van der Waals surface area contributed by atoms with Crippen LogP contribution >= 0.6 is 22.9 Å². The van der Waals surface area contributed by atoms with Gasteiger partial charge in [-0.15, -0.1) is 0 Å². The molecule has 1 aromatic heterocycles. The Labute approximate surface area is 161 Å². The van der Waals surface area contributed by atoms with Gasteiger partial charge in [0.2, 0.25) is 0 Å². The van der Waals surface area contributed by atoms with Crippen molar-refractivity contribution in [2.45, 2.75) is 26.2 Å². The molecule has 0 spiro atoms. The summed E-state index contributed by atoms with van der Waals surface area (Å²) in [5.74, 6) is -0.162. The Morgan fingerprint density at radius 2 is 1.96 bits per heavy atom. The zero-order valence-electron chi connectivity index (χ0n) is 14.6.